The first-order valence-corrected chi connectivity index (χ1v) is 11.3. The van der Waals surface area contributed by atoms with Crippen LogP contribution in [0.3, 0.4) is 0 Å². The van der Waals surface area contributed by atoms with Gasteiger partial charge in [0.25, 0.3) is 0 Å². The molecule has 0 aromatic carbocycles. The highest BCUT2D eigenvalue weighted by Gasteiger charge is 2.28. The van der Waals surface area contributed by atoms with E-state index in [1.165, 1.54) is 38.5 Å². The first-order valence-electron chi connectivity index (χ1n) is 9.81. The van der Waals surface area contributed by atoms with Gasteiger partial charge >= 0.3 is 7.75 Å². The Labute approximate surface area is 144 Å². The number of nitrogens with zero attached hydrogens (tertiary/aromatic N) is 1. The predicted octanol–water partition coefficient (Wildman–Crippen LogP) is 6.15. The summed E-state index contributed by atoms with van der Waals surface area (Å²) in [6, 6.07) is 0. The van der Waals surface area contributed by atoms with E-state index in [1.807, 2.05) is 0 Å². The number of hydrogen-bond donors (Lipinski definition) is 1. The van der Waals surface area contributed by atoms with Crippen molar-refractivity contribution in [2.75, 3.05) is 19.7 Å². The maximum Gasteiger partial charge on any atom is 0.405 e. The minimum absolute atomic E-state index is 0.381. The molecular formula is C18H40NO3P. The van der Waals surface area contributed by atoms with Crippen molar-refractivity contribution in [1.82, 2.24) is 4.67 Å². The maximum absolute atomic E-state index is 12.5. The van der Waals surface area contributed by atoms with E-state index in [4.69, 9.17) is 4.52 Å². The summed E-state index contributed by atoms with van der Waals surface area (Å²) in [7, 11) is -3.61. The molecule has 0 aliphatic heterocycles. The fourth-order valence-electron chi connectivity index (χ4n) is 2.57. The van der Waals surface area contributed by atoms with E-state index in [1.54, 1.807) is 4.67 Å². The molecule has 1 unspecified atom stereocenters. The second kappa shape index (κ2) is 15.6. The zero-order valence-electron chi connectivity index (χ0n) is 15.8. The van der Waals surface area contributed by atoms with Gasteiger partial charge in [-0.3, -0.25) is 4.52 Å². The topological polar surface area (TPSA) is 49.8 Å². The Morgan fingerprint density at radius 3 is 1.61 bits per heavy atom. The van der Waals surface area contributed by atoms with Crippen LogP contribution in [0.4, 0.5) is 0 Å². The van der Waals surface area contributed by atoms with Gasteiger partial charge in [0.1, 0.15) is 0 Å². The van der Waals surface area contributed by atoms with Crippen LogP contribution in [0.25, 0.3) is 0 Å². The third kappa shape index (κ3) is 13.1. The summed E-state index contributed by atoms with van der Waals surface area (Å²) in [5.74, 6) is 0. The van der Waals surface area contributed by atoms with E-state index in [0.717, 1.165) is 38.5 Å². The van der Waals surface area contributed by atoms with Crippen LogP contribution < -0.4 is 0 Å². The van der Waals surface area contributed by atoms with Crippen molar-refractivity contribution < 1.29 is 14.0 Å². The Kier molecular flexibility index (Phi) is 15.7. The fourth-order valence-corrected chi connectivity index (χ4v) is 3.89. The Balaban J connectivity index is 4.25. The van der Waals surface area contributed by atoms with Crippen LogP contribution in [0.2, 0.25) is 0 Å². The lowest BCUT2D eigenvalue weighted by molar-refractivity contribution is 0.195. The first kappa shape index (κ1) is 23.1. The van der Waals surface area contributed by atoms with Crippen LogP contribution in [0, 0.1) is 0 Å². The van der Waals surface area contributed by atoms with Gasteiger partial charge in [0.05, 0.1) is 6.61 Å². The van der Waals surface area contributed by atoms with Crippen molar-refractivity contribution >= 4 is 7.75 Å². The lowest BCUT2D eigenvalue weighted by atomic mass is 10.1. The van der Waals surface area contributed by atoms with Gasteiger partial charge in [-0.25, -0.2) is 9.24 Å². The van der Waals surface area contributed by atoms with E-state index in [0.29, 0.717) is 19.7 Å². The zero-order valence-corrected chi connectivity index (χ0v) is 16.7. The highest BCUT2D eigenvalue weighted by atomic mass is 31.2. The molecule has 0 aromatic rings. The molecule has 0 fully saturated rings. The lowest BCUT2D eigenvalue weighted by Gasteiger charge is -2.26. The Morgan fingerprint density at radius 2 is 1.17 bits per heavy atom. The van der Waals surface area contributed by atoms with E-state index in [-0.39, 0.29) is 0 Å². The predicted molar refractivity (Wildman–Crippen MR) is 99.8 cm³/mol. The molecule has 0 amide bonds. The molecule has 4 nitrogen and oxygen atoms in total. The third-order valence-corrected chi connectivity index (χ3v) is 5.79. The standard InChI is InChI=1S/C18H40NO3P/c1-4-7-10-12-14-16-19(17-15-13-11-8-5-2)23(20,21)22-18-9-6-3/h4-18H2,1-3H3,(H,20,21). The van der Waals surface area contributed by atoms with Gasteiger partial charge < -0.3 is 4.89 Å². The molecule has 0 aromatic heterocycles. The normalized spacial score (nSPS) is 14.3. The van der Waals surface area contributed by atoms with E-state index in [9.17, 15) is 9.46 Å². The smallest absolute Gasteiger partial charge is 0.312 e. The van der Waals surface area contributed by atoms with E-state index in [2.05, 4.69) is 20.8 Å². The van der Waals surface area contributed by atoms with Crippen LogP contribution in [0.15, 0.2) is 0 Å². The Bertz CT molecular complexity index is 286. The monoisotopic (exact) mass is 349 g/mol. The molecule has 0 heterocycles. The zero-order chi connectivity index (χ0) is 17.4. The average molecular weight is 349 g/mol. The average Bonchev–Trinajstić information content (AvgIpc) is 2.52. The van der Waals surface area contributed by atoms with Crippen molar-refractivity contribution in [3.8, 4) is 0 Å². The largest absolute Gasteiger partial charge is 0.405 e. The highest BCUT2D eigenvalue weighted by molar-refractivity contribution is 7.50. The van der Waals surface area contributed by atoms with Crippen LogP contribution >= 0.6 is 7.75 Å². The van der Waals surface area contributed by atoms with Crippen LogP contribution in [0.1, 0.15) is 97.8 Å². The van der Waals surface area contributed by atoms with Gasteiger partial charge in [-0.15, -0.1) is 0 Å². The molecule has 0 spiro atoms. The summed E-state index contributed by atoms with van der Waals surface area (Å²) in [5.41, 5.74) is 0. The van der Waals surface area contributed by atoms with Crippen LogP contribution in [0.5, 0.6) is 0 Å². The number of rotatable bonds is 17. The molecule has 1 atom stereocenters. The Hall–Kier alpha value is 0.110. The van der Waals surface area contributed by atoms with Gasteiger partial charge in [-0.1, -0.05) is 78.6 Å². The molecule has 1 N–H and O–H groups in total. The van der Waals surface area contributed by atoms with Gasteiger partial charge in [0.2, 0.25) is 0 Å². The van der Waals surface area contributed by atoms with Gasteiger partial charge in [0.15, 0.2) is 0 Å². The summed E-state index contributed by atoms with van der Waals surface area (Å²) < 4.78 is 19.5. The molecular weight excluding hydrogens is 309 g/mol. The highest BCUT2D eigenvalue weighted by Crippen LogP contribution is 2.46. The van der Waals surface area contributed by atoms with Crippen molar-refractivity contribution in [1.29, 1.82) is 0 Å². The molecule has 5 heteroatoms. The van der Waals surface area contributed by atoms with Gasteiger partial charge in [-0.2, -0.15) is 0 Å². The van der Waals surface area contributed by atoms with Crippen molar-refractivity contribution in [3.63, 3.8) is 0 Å². The van der Waals surface area contributed by atoms with Crippen LogP contribution in [-0.2, 0) is 9.09 Å². The maximum atomic E-state index is 12.5. The minimum Gasteiger partial charge on any atom is -0.312 e. The second-order valence-electron chi connectivity index (χ2n) is 6.46. The summed E-state index contributed by atoms with van der Waals surface area (Å²) in [5, 5.41) is 0. The SMILES string of the molecule is CCCCCCCN(CCCCCCC)P(=O)(O)OCCCC. The molecule has 0 saturated heterocycles. The van der Waals surface area contributed by atoms with E-state index >= 15 is 0 Å². The summed E-state index contributed by atoms with van der Waals surface area (Å²) in [4.78, 5) is 10.3. The minimum atomic E-state index is -3.61. The van der Waals surface area contributed by atoms with E-state index < -0.39 is 7.75 Å². The van der Waals surface area contributed by atoms with Gasteiger partial charge in [-0.05, 0) is 19.3 Å². The summed E-state index contributed by atoms with van der Waals surface area (Å²) in [6.45, 7) is 8.20. The molecule has 0 aliphatic carbocycles. The molecule has 23 heavy (non-hydrogen) atoms. The number of unbranched alkanes of at least 4 members (excludes halogenated alkanes) is 9. The van der Waals surface area contributed by atoms with Crippen LogP contribution in [-0.4, -0.2) is 29.3 Å². The van der Waals surface area contributed by atoms with Gasteiger partial charge in [0, 0.05) is 13.1 Å². The van der Waals surface area contributed by atoms with Crippen molar-refractivity contribution in [2.45, 2.75) is 97.8 Å². The Morgan fingerprint density at radius 1 is 0.739 bits per heavy atom. The molecule has 0 rings (SSSR count). The molecule has 0 aliphatic rings. The second-order valence-corrected chi connectivity index (χ2v) is 8.26. The van der Waals surface area contributed by atoms with Crippen molar-refractivity contribution in [3.05, 3.63) is 0 Å². The molecule has 0 saturated carbocycles. The quantitative estimate of drug-likeness (QED) is 0.253. The summed E-state index contributed by atoms with van der Waals surface area (Å²) in [6.07, 6.45) is 13.4. The van der Waals surface area contributed by atoms with Crippen molar-refractivity contribution in [2.24, 2.45) is 0 Å². The first-order chi connectivity index (χ1) is 11.1. The lowest BCUT2D eigenvalue weighted by Crippen LogP contribution is -2.24. The number of hydrogen-bond acceptors (Lipinski definition) is 2. The molecule has 140 valence electrons. The molecule has 0 bridgehead atoms. The fraction of sp³-hybridized carbons (Fsp3) is 1.00. The molecule has 0 radical (unpaired) electrons. The summed E-state index contributed by atoms with van der Waals surface area (Å²) >= 11 is 0. The third-order valence-electron chi connectivity index (χ3n) is 4.15.